The van der Waals surface area contributed by atoms with E-state index in [4.69, 9.17) is 0 Å². The van der Waals surface area contributed by atoms with Crippen molar-refractivity contribution in [3.05, 3.63) is 58.8 Å². The second-order valence-corrected chi connectivity index (χ2v) is 10.5. The van der Waals surface area contributed by atoms with Crippen LogP contribution in [0.15, 0.2) is 62.2 Å². The Labute approximate surface area is 167 Å². The Morgan fingerprint density at radius 1 is 1.08 bits per heavy atom. The maximum Gasteiger partial charge on any atom is 0.210 e. The van der Waals surface area contributed by atoms with Crippen molar-refractivity contribution < 1.29 is 12.8 Å². The monoisotopic (exact) mass is 473 g/mol. The van der Waals surface area contributed by atoms with Gasteiger partial charge in [-0.25, -0.2) is 12.8 Å². The van der Waals surface area contributed by atoms with Crippen molar-refractivity contribution in [3.8, 4) is 0 Å². The Balaban J connectivity index is 1.54. The van der Waals surface area contributed by atoms with Gasteiger partial charge in [0.2, 0.25) is 5.13 Å². The van der Waals surface area contributed by atoms with E-state index in [0.29, 0.717) is 25.8 Å². The van der Waals surface area contributed by atoms with Gasteiger partial charge < -0.3 is 5.32 Å². The van der Waals surface area contributed by atoms with E-state index in [1.807, 2.05) is 0 Å². The lowest BCUT2D eigenvalue weighted by Gasteiger charge is -2.03. The van der Waals surface area contributed by atoms with E-state index in [9.17, 15) is 12.8 Å². The van der Waals surface area contributed by atoms with Crippen LogP contribution in [0.4, 0.5) is 15.2 Å². The number of sulfone groups is 1. The summed E-state index contributed by atoms with van der Waals surface area (Å²) in [6.07, 6.45) is 0. The molecule has 0 aliphatic carbocycles. The molecule has 0 spiro atoms. The predicted octanol–water partition coefficient (Wildman–Crippen LogP) is 4.75. The molecule has 26 heavy (non-hydrogen) atoms. The van der Waals surface area contributed by atoms with Crippen molar-refractivity contribution in [1.29, 1.82) is 0 Å². The van der Waals surface area contributed by atoms with Gasteiger partial charge in [-0.3, -0.25) is 0 Å². The summed E-state index contributed by atoms with van der Waals surface area (Å²) in [7, 11) is -3.33. The van der Waals surface area contributed by atoms with E-state index in [1.165, 1.54) is 35.2 Å². The second kappa shape index (κ2) is 8.47. The van der Waals surface area contributed by atoms with E-state index in [2.05, 4.69) is 31.4 Å². The lowest BCUT2D eigenvalue weighted by Crippen LogP contribution is -2.08. The standard InChI is InChI=1S/C16H13BrFN3O2S3/c17-11-1-7-14(8-2-11)26(22,23)10-9-24-16-21-20-15(25-16)19-13-5-3-12(18)4-6-13/h1-8H,9-10H2,(H,19,20). The molecular weight excluding hydrogens is 461 g/mol. The van der Waals surface area contributed by atoms with Crippen molar-refractivity contribution in [2.45, 2.75) is 9.24 Å². The fraction of sp³-hybridized carbons (Fsp3) is 0.125. The smallest absolute Gasteiger partial charge is 0.210 e. The summed E-state index contributed by atoms with van der Waals surface area (Å²) >= 11 is 5.94. The van der Waals surface area contributed by atoms with Gasteiger partial charge in [-0.15, -0.1) is 10.2 Å². The van der Waals surface area contributed by atoms with Crippen LogP contribution in [0.1, 0.15) is 0 Å². The van der Waals surface area contributed by atoms with Crippen LogP contribution in [0.3, 0.4) is 0 Å². The Kier molecular flexibility index (Phi) is 6.28. The first-order valence-electron chi connectivity index (χ1n) is 7.40. The number of halogens is 2. The van der Waals surface area contributed by atoms with Crippen LogP contribution in [0, 0.1) is 5.82 Å². The fourth-order valence-electron chi connectivity index (χ4n) is 1.97. The average molecular weight is 474 g/mol. The molecular formula is C16H13BrFN3O2S3. The van der Waals surface area contributed by atoms with Crippen molar-refractivity contribution in [1.82, 2.24) is 10.2 Å². The molecule has 1 heterocycles. The summed E-state index contributed by atoms with van der Waals surface area (Å²) in [5.74, 6) is 0.0828. The minimum Gasteiger partial charge on any atom is -0.330 e. The molecule has 0 fully saturated rings. The number of hydrogen-bond donors (Lipinski definition) is 1. The molecule has 0 saturated carbocycles. The van der Waals surface area contributed by atoms with Gasteiger partial charge in [-0.2, -0.15) is 0 Å². The summed E-state index contributed by atoms with van der Waals surface area (Å²) in [5.41, 5.74) is 0.705. The molecule has 5 nitrogen and oxygen atoms in total. The predicted molar refractivity (Wildman–Crippen MR) is 107 cm³/mol. The van der Waals surface area contributed by atoms with Crippen molar-refractivity contribution in [2.75, 3.05) is 16.8 Å². The quantitative estimate of drug-likeness (QED) is 0.499. The molecule has 2 aromatic carbocycles. The number of rotatable bonds is 7. The van der Waals surface area contributed by atoms with E-state index < -0.39 is 9.84 Å². The van der Waals surface area contributed by atoms with Crippen LogP contribution in [-0.2, 0) is 9.84 Å². The third kappa shape index (κ3) is 5.26. The zero-order chi connectivity index (χ0) is 18.6. The number of nitrogens with zero attached hydrogens (tertiary/aromatic N) is 2. The highest BCUT2D eigenvalue weighted by Gasteiger charge is 2.15. The molecule has 0 bridgehead atoms. The maximum absolute atomic E-state index is 12.9. The van der Waals surface area contributed by atoms with Crippen LogP contribution < -0.4 is 5.32 Å². The molecule has 136 valence electrons. The number of benzene rings is 2. The topological polar surface area (TPSA) is 72.0 Å². The lowest BCUT2D eigenvalue weighted by molar-refractivity contribution is 0.597. The Morgan fingerprint density at radius 3 is 2.46 bits per heavy atom. The van der Waals surface area contributed by atoms with Gasteiger partial charge in [0.1, 0.15) is 5.82 Å². The molecule has 3 aromatic rings. The summed E-state index contributed by atoms with van der Waals surface area (Å²) in [5, 5.41) is 11.6. The Morgan fingerprint density at radius 2 is 1.77 bits per heavy atom. The summed E-state index contributed by atoms with van der Waals surface area (Å²) < 4.78 is 39.0. The average Bonchev–Trinajstić information content (AvgIpc) is 3.04. The largest absolute Gasteiger partial charge is 0.330 e. The molecule has 0 amide bonds. The molecule has 1 aromatic heterocycles. The Bertz CT molecular complexity index is 977. The van der Waals surface area contributed by atoms with Crippen LogP contribution in [0.2, 0.25) is 0 Å². The van der Waals surface area contributed by atoms with Crippen molar-refractivity contribution in [2.24, 2.45) is 0 Å². The van der Waals surface area contributed by atoms with Crippen molar-refractivity contribution in [3.63, 3.8) is 0 Å². The highest BCUT2D eigenvalue weighted by Crippen LogP contribution is 2.28. The summed E-state index contributed by atoms with van der Waals surface area (Å²) in [4.78, 5) is 0.303. The zero-order valence-electron chi connectivity index (χ0n) is 13.2. The first kappa shape index (κ1) is 19.3. The first-order valence-corrected chi connectivity index (χ1v) is 11.6. The normalized spacial score (nSPS) is 11.5. The van der Waals surface area contributed by atoms with E-state index in [1.54, 1.807) is 36.4 Å². The molecule has 3 rings (SSSR count). The molecule has 0 aliphatic heterocycles. The van der Waals surface area contributed by atoms with E-state index in [-0.39, 0.29) is 11.6 Å². The molecule has 0 unspecified atom stereocenters. The zero-order valence-corrected chi connectivity index (χ0v) is 17.3. The lowest BCUT2D eigenvalue weighted by atomic mass is 10.3. The van der Waals surface area contributed by atoms with Gasteiger partial charge in [0.25, 0.3) is 0 Å². The molecule has 1 N–H and O–H groups in total. The van der Waals surface area contributed by atoms with Crippen molar-refractivity contribution >= 4 is 59.7 Å². The van der Waals surface area contributed by atoms with Gasteiger partial charge in [-0.1, -0.05) is 39.0 Å². The second-order valence-electron chi connectivity index (χ2n) is 5.13. The molecule has 0 saturated heterocycles. The van der Waals surface area contributed by atoms with Crippen LogP contribution in [0.25, 0.3) is 0 Å². The van der Waals surface area contributed by atoms with Crippen LogP contribution >= 0.6 is 39.0 Å². The van der Waals surface area contributed by atoms with Gasteiger partial charge in [0.15, 0.2) is 14.2 Å². The summed E-state index contributed by atoms with van der Waals surface area (Å²) in [6, 6.07) is 12.5. The van der Waals surface area contributed by atoms with Gasteiger partial charge in [0.05, 0.1) is 10.6 Å². The third-order valence-electron chi connectivity index (χ3n) is 3.25. The van der Waals surface area contributed by atoms with Gasteiger partial charge in [-0.05, 0) is 48.5 Å². The molecule has 0 aliphatic rings. The van der Waals surface area contributed by atoms with E-state index in [0.717, 1.165) is 4.47 Å². The highest BCUT2D eigenvalue weighted by molar-refractivity contribution is 9.10. The highest BCUT2D eigenvalue weighted by atomic mass is 79.9. The number of thioether (sulfide) groups is 1. The van der Waals surface area contributed by atoms with Crippen LogP contribution in [0.5, 0.6) is 0 Å². The fourth-order valence-corrected chi connectivity index (χ4v) is 5.73. The molecule has 10 heteroatoms. The molecule has 0 atom stereocenters. The first-order chi connectivity index (χ1) is 12.4. The minimum absolute atomic E-state index is 0.0135. The number of hydrogen-bond acceptors (Lipinski definition) is 7. The van der Waals surface area contributed by atoms with Crippen LogP contribution in [-0.4, -0.2) is 30.1 Å². The Hall–Kier alpha value is -1.49. The number of aromatic nitrogens is 2. The SMILES string of the molecule is O=S(=O)(CCSc1nnc(Nc2ccc(F)cc2)s1)c1ccc(Br)cc1. The maximum atomic E-state index is 12.9. The van der Waals surface area contributed by atoms with Gasteiger partial charge in [0, 0.05) is 15.9 Å². The molecule has 0 radical (unpaired) electrons. The van der Waals surface area contributed by atoms with Gasteiger partial charge >= 0.3 is 0 Å². The third-order valence-corrected chi connectivity index (χ3v) is 7.75. The minimum atomic E-state index is -3.33. The van der Waals surface area contributed by atoms with E-state index >= 15 is 0 Å². The number of anilines is 2. The number of nitrogens with one attached hydrogen (secondary N) is 1. The summed E-state index contributed by atoms with van der Waals surface area (Å²) in [6.45, 7) is 0.